The number of fused-ring (bicyclic) bond motifs is 1. The van der Waals surface area contributed by atoms with Crippen molar-refractivity contribution in [1.29, 1.82) is 0 Å². The van der Waals surface area contributed by atoms with Crippen molar-refractivity contribution in [2.24, 2.45) is 0 Å². The Morgan fingerprint density at radius 2 is 2.35 bits per heavy atom. The lowest BCUT2D eigenvalue weighted by Crippen LogP contribution is -2.09. The summed E-state index contributed by atoms with van der Waals surface area (Å²) in [6.07, 6.45) is 3.24. The van der Waals surface area contributed by atoms with Gasteiger partial charge < -0.3 is 14.4 Å². The van der Waals surface area contributed by atoms with E-state index in [1.807, 2.05) is 25.1 Å². The van der Waals surface area contributed by atoms with E-state index in [0.717, 1.165) is 37.0 Å². The molecule has 1 atom stereocenters. The van der Waals surface area contributed by atoms with Crippen molar-refractivity contribution in [3.63, 3.8) is 0 Å². The maximum absolute atomic E-state index is 9.92. The number of aryl methyl sites for hydroxylation is 2. The molecule has 1 aliphatic carbocycles. The molecule has 3 rings (SSSR count). The third-order valence-corrected chi connectivity index (χ3v) is 3.58. The number of hydrogen-bond acceptors (Lipinski definition) is 5. The highest BCUT2D eigenvalue weighted by Crippen LogP contribution is 2.32. The fourth-order valence-electron chi connectivity index (χ4n) is 2.50. The van der Waals surface area contributed by atoms with E-state index >= 15 is 0 Å². The van der Waals surface area contributed by atoms with Crippen molar-refractivity contribution in [3.05, 3.63) is 41.0 Å². The molecule has 0 aliphatic heterocycles. The predicted octanol–water partition coefficient (Wildman–Crippen LogP) is 2.58. The second kappa shape index (κ2) is 5.63. The number of aromatic nitrogens is 2. The van der Waals surface area contributed by atoms with Crippen molar-refractivity contribution in [1.82, 2.24) is 10.1 Å². The molecule has 2 aromatic rings. The van der Waals surface area contributed by atoms with Crippen LogP contribution in [0.4, 0.5) is 0 Å². The second-order valence-electron chi connectivity index (χ2n) is 5.02. The molecule has 5 heteroatoms. The normalized spacial score (nSPS) is 17.8. The lowest BCUT2D eigenvalue weighted by molar-refractivity contribution is 0.156. The summed E-state index contributed by atoms with van der Waals surface area (Å²) in [5, 5.41) is 13.8. The van der Waals surface area contributed by atoms with E-state index in [1.165, 1.54) is 5.56 Å². The van der Waals surface area contributed by atoms with Crippen LogP contribution in [0, 0.1) is 0 Å². The predicted molar refractivity (Wildman–Crippen MR) is 72.3 cm³/mol. The van der Waals surface area contributed by atoms with E-state index in [-0.39, 0.29) is 6.10 Å². The highest BCUT2D eigenvalue weighted by Gasteiger charge is 2.18. The van der Waals surface area contributed by atoms with E-state index < -0.39 is 0 Å². The first-order chi connectivity index (χ1) is 9.76. The summed E-state index contributed by atoms with van der Waals surface area (Å²) in [7, 11) is 0. The largest absolute Gasteiger partial charge is 0.485 e. The number of nitrogens with zero attached hydrogens (tertiary/aromatic N) is 2. The van der Waals surface area contributed by atoms with Gasteiger partial charge in [-0.1, -0.05) is 18.1 Å². The van der Waals surface area contributed by atoms with Crippen molar-refractivity contribution in [2.45, 2.75) is 45.3 Å². The van der Waals surface area contributed by atoms with Gasteiger partial charge in [0.2, 0.25) is 11.7 Å². The molecule has 1 unspecified atom stereocenters. The van der Waals surface area contributed by atoms with Crippen molar-refractivity contribution in [2.75, 3.05) is 0 Å². The molecule has 0 amide bonds. The lowest BCUT2D eigenvalue weighted by Gasteiger charge is -2.21. The van der Waals surface area contributed by atoms with E-state index in [1.54, 1.807) is 0 Å². The summed E-state index contributed by atoms with van der Waals surface area (Å²) in [4.78, 5) is 4.20. The Bertz CT molecular complexity index is 595. The van der Waals surface area contributed by atoms with Crippen LogP contribution in [-0.2, 0) is 19.4 Å². The van der Waals surface area contributed by atoms with Gasteiger partial charge in [0.15, 0.2) is 6.61 Å². The van der Waals surface area contributed by atoms with Gasteiger partial charge in [0.25, 0.3) is 0 Å². The number of benzene rings is 1. The standard InChI is InChI=1S/C15H18N2O3/c1-2-15-16-14(17-20-15)9-19-11-6-7-12-10(8-11)4-3-5-13(12)18/h6-8,13,18H,2-5,9H2,1H3. The fourth-order valence-corrected chi connectivity index (χ4v) is 2.50. The van der Waals surface area contributed by atoms with Gasteiger partial charge in [-0.15, -0.1) is 0 Å². The summed E-state index contributed by atoms with van der Waals surface area (Å²) >= 11 is 0. The minimum atomic E-state index is -0.336. The van der Waals surface area contributed by atoms with Crippen LogP contribution in [-0.4, -0.2) is 15.2 Å². The molecule has 0 saturated heterocycles. The Morgan fingerprint density at radius 3 is 3.15 bits per heavy atom. The van der Waals surface area contributed by atoms with Crippen LogP contribution in [0.2, 0.25) is 0 Å². The summed E-state index contributed by atoms with van der Waals surface area (Å²) in [6.45, 7) is 2.26. The highest BCUT2D eigenvalue weighted by molar-refractivity contribution is 5.38. The third-order valence-electron chi connectivity index (χ3n) is 3.58. The molecular formula is C15H18N2O3. The number of rotatable bonds is 4. The van der Waals surface area contributed by atoms with E-state index in [2.05, 4.69) is 10.1 Å². The first kappa shape index (κ1) is 13.1. The third kappa shape index (κ3) is 2.67. The van der Waals surface area contributed by atoms with Gasteiger partial charge in [0.1, 0.15) is 5.75 Å². The van der Waals surface area contributed by atoms with Crippen LogP contribution >= 0.6 is 0 Å². The molecule has 1 aromatic carbocycles. The molecule has 20 heavy (non-hydrogen) atoms. The molecular weight excluding hydrogens is 256 g/mol. The summed E-state index contributed by atoms with van der Waals surface area (Å²) in [6, 6.07) is 5.83. The number of aliphatic hydroxyl groups excluding tert-OH is 1. The maximum atomic E-state index is 9.92. The minimum absolute atomic E-state index is 0.296. The molecule has 0 spiro atoms. The second-order valence-corrected chi connectivity index (χ2v) is 5.02. The van der Waals surface area contributed by atoms with E-state index in [9.17, 15) is 5.11 Å². The van der Waals surface area contributed by atoms with Crippen molar-refractivity contribution in [3.8, 4) is 5.75 Å². The maximum Gasteiger partial charge on any atom is 0.226 e. The highest BCUT2D eigenvalue weighted by atomic mass is 16.5. The van der Waals surface area contributed by atoms with Crippen molar-refractivity contribution < 1.29 is 14.4 Å². The smallest absolute Gasteiger partial charge is 0.226 e. The fraction of sp³-hybridized carbons (Fsp3) is 0.467. The van der Waals surface area contributed by atoms with E-state index in [4.69, 9.17) is 9.26 Å². The quantitative estimate of drug-likeness (QED) is 0.928. The van der Waals surface area contributed by atoms with Gasteiger partial charge in [-0.25, -0.2) is 0 Å². The molecule has 5 nitrogen and oxygen atoms in total. The van der Waals surface area contributed by atoms with Gasteiger partial charge in [-0.2, -0.15) is 4.98 Å². The number of hydrogen-bond donors (Lipinski definition) is 1. The van der Waals surface area contributed by atoms with Gasteiger partial charge in [-0.05, 0) is 42.5 Å². The molecule has 0 radical (unpaired) electrons. The molecule has 1 heterocycles. The lowest BCUT2D eigenvalue weighted by atomic mass is 9.89. The molecule has 1 aliphatic rings. The van der Waals surface area contributed by atoms with Crippen LogP contribution in [0.5, 0.6) is 5.75 Å². The zero-order valence-electron chi connectivity index (χ0n) is 11.5. The van der Waals surface area contributed by atoms with Crippen molar-refractivity contribution >= 4 is 0 Å². The zero-order chi connectivity index (χ0) is 13.9. The molecule has 1 aromatic heterocycles. The van der Waals surface area contributed by atoms with E-state index in [0.29, 0.717) is 18.3 Å². The van der Waals surface area contributed by atoms with Gasteiger partial charge >= 0.3 is 0 Å². The Morgan fingerprint density at radius 1 is 1.45 bits per heavy atom. The minimum Gasteiger partial charge on any atom is -0.485 e. The van der Waals surface area contributed by atoms with Crippen LogP contribution in [0.15, 0.2) is 22.7 Å². The molecule has 1 N–H and O–H groups in total. The molecule has 0 fully saturated rings. The molecule has 0 saturated carbocycles. The van der Waals surface area contributed by atoms with Crippen LogP contribution in [0.25, 0.3) is 0 Å². The first-order valence-corrected chi connectivity index (χ1v) is 7.01. The Hall–Kier alpha value is -1.88. The Kier molecular flexibility index (Phi) is 3.69. The summed E-state index contributed by atoms with van der Waals surface area (Å²) in [5.41, 5.74) is 2.19. The topological polar surface area (TPSA) is 68.4 Å². The summed E-state index contributed by atoms with van der Waals surface area (Å²) in [5.74, 6) is 1.96. The SMILES string of the molecule is CCc1nc(COc2ccc3c(c2)CCCC3O)no1. The Labute approximate surface area is 117 Å². The van der Waals surface area contributed by atoms with Crippen LogP contribution in [0.3, 0.4) is 0 Å². The van der Waals surface area contributed by atoms with Gasteiger partial charge in [0, 0.05) is 6.42 Å². The van der Waals surface area contributed by atoms with Crippen LogP contribution in [0.1, 0.15) is 48.7 Å². The molecule has 106 valence electrons. The average molecular weight is 274 g/mol. The zero-order valence-corrected chi connectivity index (χ0v) is 11.5. The Balaban J connectivity index is 1.68. The van der Waals surface area contributed by atoms with Crippen LogP contribution < -0.4 is 4.74 Å². The number of ether oxygens (including phenoxy) is 1. The monoisotopic (exact) mass is 274 g/mol. The first-order valence-electron chi connectivity index (χ1n) is 7.01. The van der Waals surface area contributed by atoms with Gasteiger partial charge in [0.05, 0.1) is 6.10 Å². The molecule has 0 bridgehead atoms. The van der Waals surface area contributed by atoms with Gasteiger partial charge in [-0.3, -0.25) is 0 Å². The number of aliphatic hydroxyl groups is 1. The summed E-state index contributed by atoms with van der Waals surface area (Å²) < 4.78 is 10.7. The average Bonchev–Trinajstić information content (AvgIpc) is 2.93.